The molecule has 0 bridgehead atoms. The monoisotopic (exact) mass is 397 g/mol. The van der Waals surface area contributed by atoms with Crippen LogP contribution in [0.15, 0.2) is 71.6 Å². The number of para-hydroxylation sites is 2. The Kier molecular flexibility index (Phi) is 5.90. The quantitative estimate of drug-likeness (QED) is 0.571. The molecule has 3 rings (SSSR count). The summed E-state index contributed by atoms with van der Waals surface area (Å²) in [5, 5.41) is 9.94. The fourth-order valence-electron chi connectivity index (χ4n) is 2.78. The van der Waals surface area contributed by atoms with Crippen LogP contribution in [0.25, 0.3) is 0 Å². The summed E-state index contributed by atoms with van der Waals surface area (Å²) in [4.78, 5) is 0.183. The number of anilines is 1. The molecule has 0 heterocycles. The molecule has 0 saturated carbocycles. The normalized spacial score (nSPS) is 11.2. The van der Waals surface area contributed by atoms with Crippen LogP contribution < -0.4 is 9.46 Å². The Bertz CT molecular complexity index is 1060. The average Bonchev–Trinajstić information content (AvgIpc) is 2.66. The molecule has 5 nitrogen and oxygen atoms in total. The van der Waals surface area contributed by atoms with E-state index in [9.17, 15) is 13.5 Å². The van der Waals surface area contributed by atoms with E-state index < -0.39 is 10.0 Å². The zero-order chi connectivity index (χ0) is 20.1. The number of hydrogen-bond acceptors (Lipinski definition) is 4. The van der Waals surface area contributed by atoms with Crippen molar-refractivity contribution in [2.24, 2.45) is 0 Å². The maximum absolute atomic E-state index is 12.7. The van der Waals surface area contributed by atoms with Gasteiger partial charge in [-0.05, 0) is 61.4 Å². The van der Waals surface area contributed by atoms with Gasteiger partial charge in [-0.15, -0.1) is 0 Å². The molecule has 3 aromatic rings. The Morgan fingerprint density at radius 3 is 2.43 bits per heavy atom. The van der Waals surface area contributed by atoms with Crippen LogP contribution in [0, 0.1) is 6.92 Å². The predicted molar refractivity (Wildman–Crippen MR) is 111 cm³/mol. The van der Waals surface area contributed by atoms with E-state index in [0.29, 0.717) is 17.2 Å². The first kappa shape index (κ1) is 19.8. The van der Waals surface area contributed by atoms with Crippen LogP contribution >= 0.6 is 0 Å². The molecule has 0 aliphatic heterocycles. The average molecular weight is 397 g/mol. The standard InChI is InChI=1S/C22H23NO4S/c1-3-6-17-15-18(11-14-21(17)24)27-22-8-5-4-7-20(22)23-28(25,26)19-12-9-16(2)10-13-19/h4-5,7-15,23-24H,3,6H2,1-2H3. The molecule has 0 spiro atoms. The van der Waals surface area contributed by atoms with Crippen LogP contribution in [0.1, 0.15) is 24.5 Å². The fourth-order valence-corrected chi connectivity index (χ4v) is 3.85. The van der Waals surface area contributed by atoms with Gasteiger partial charge < -0.3 is 9.84 Å². The van der Waals surface area contributed by atoms with Crippen LogP contribution in [0.5, 0.6) is 17.2 Å². The van der Waals surface area contributed by atoms with Crippen molar-refractivity contribution in [2.45, 2.75) is 31.6 Å². The Morgan fingerprint density at radius 1 is 1.00 bits per heavy atom. The van der Waals surface area contributed by atoms with E-state index in [2.05, 4.69) is 4.72 Å². The lowest BCUT2D eigenvalue weighted by molar-refractivity contribution is 0.458. The summed E-state index contributed by atoms with van der Waals surface area (Å²) in [6.07, 6.45) is 1.62. The number of aryl methyl sites for hydroxylation is 2. The number of phenols is 1. The molecule has 0 aliphatic carbocycles. The summed E-state index contributed by atoms with van der Waals surface area (Å²) >= 11 is 0. The molecule has 0 aromatic heterocycles. The zero-order valence-corrected chi connectivity index (χ0v) is 16.7. The van der Waals surface area contributed by atoms with Gasteiger partial charge >= 0.3 is 0 Å². The van der Waals surface area contributed by atoms with Crippen molar-refractivity contribution in [1.82, 2.24) is 0 Å². The first-order valence-corrected chi connectivity index (χ1v) is 10.6. The Balaban J connectivity index is 1.87. The van der Waals surface area contributed by atoms with Gasteiger partial charge in [-0.25, -0.2) is 8.42 Å². The molecule has 3 aromatic carbocycles. The highest BCUT2D eigenvalue weighted by Gasteiger charge is 2.17. The molecule has 0 aliphatic rings. The molecular weight excluding hydrogens is 374 g/mol. The molecule has 0 radical (unpaired) electrons. The number of ether oxygens (including phenoxy) is 1. The first-order valence-electron chi connectivity index (χ1n) is 9.07. The van der Waals surface area contributed by atoms with Crippen molar-refractivity contribution < 1.29 is 18.3 Å². The van der Waals surface area contributed by atoms with Crippen LogP contribution in [0.2, 0.25) is 0 Å². The Morgan fingerprint density at radius 2 is 1.71 bits per heavy atom. The van der Waals surface area contributed by atoms with Gasteiger partial charge in [0.05, 0.1) is 10.6 Å². The van der Waals surface area contributed by atoms with Gasteiger partial charge in [0.15, 0.2) is 5.75 Å². The second kappa shape index (κ2) is 8.35. The largest absolute Gasteiger partial charge is 0.508 e. The molecule has 0 amide bonds. The maximum Gasteiger partial charge on any atom is 0.262 e. The minimum absolute atomic E-state index is 0.183. The fraction of sp³-hybridized carbons (Fsp3) is 0.182. The number of aromatic hydroxyl groups is 1. The van der Waals surface area contributed by atoms with Crippen molar-refractivity contribution in [3.63, 3.8) is 0 Å². The lowest BCUT2D eigenvalue weighted by Gasteiger charge is -2.14. The minimum atomic E-state index is -3.74. The summed E-state index contributed by atoms with van der Waals surface area (Å²) < 4.78 is 33.9. The molecule has 2 N–H and O–H groups in total. The topological polar surface area (TPSA) is 75.6 Å². The number of nitrogens with one attached hydrogen (secondary N) is 1. The van der Waals surface area contributed by atoms with E-state index in [-0.39, 0.29) is 10.6 Å². The molecule has 0 saturated heterocycles. The van der Waals surface area contributed by atoms with E-state index >= 15 is 0 Å². The highest BCUT2D eigenvalue weighted by molar-refractivity contribution is 7.92. The van der Waals surface area contributed by atoms with Gasteiger partial charge in [0.2, 0.25) is 0 Å². The van der Waals surface area contributed by atoms with Crippen molar-refractivity contribution in [1.29, 1.82) is 0 Å². The summed E-state index contributed by atoms with van der Waals surface area (Å²) in [6.45, 7) is 3.93. The van der Waals surface area contributed by atoms with Crippen LogP contribution in [-0.2, 0) is 16.4 Å². The van der Waals surface area contributed by atoms with Gasteiger partial charge in [0.1, 0.15) is 11.5 Å². The Labute approximate surface area is 165 Å². The van der Waals surface area contributed by atoms with Gasteiger partial charge in [0.25, 0.3) is 10.0 Å². The smallest absolute Gasteiger partial charge is 0.262 e. The van der Waals surface area contributed by atoms with Crippen LogP contribution in [0.4, 0.5) is 5.69 Å². The number of hydrogen-bond donors (Lipinski definition) is 2. The first-order chi connectivity index (χ1) is 13.4. The summed E-state index contributed by atoms with van der Waals surface area (Å²) in [5.41, 5.74) is 2.11. The predicted octanol–water partition coefficient (Wildman–Crippen LogP) is 5.25. The molecule has 28 heavy (non-hydrogen) atoms. The molecule has 0 unspecified atom stereocenters. The number of sulfonamides is 1. The minimum Gasteiger partial charge on any atom is -0.508 e. The molecule has 146 valence electrons. The number of benzene rings is 3. The van der Waals surface area contributed by atoms with Gasteiger partial charge in [-0.1, -0.05) is 43.2 Å². The second-order valence-corrected chi connectivity index (χ2v) is 8.24. The number of phenolic OH excluding ortho intramolecular Hbond substituents is 1. The van der Waals surface area contributed by atoms with Crippen molar-refractivity contribution in [2.75, 3.05) is 4.72 Å². The van der Waals surface area contributed by atoms with Gasteiger partial charge in [0, 0.05) is 0 Å². The SMILES string of the molecule is CCCc1cc(Oc2ccccc2NS(=O)(=O)c2ccc(C)cc2)ccc1O. The van der Waals surface area contributed by atoms with Crippen molar-refractivity contribution >= 4 is 15.7 Å². The van der Waals surface area contributed by atoms with Gasteiger partial charge in [-0.3, -0.25) is 4.72 Å². The molecule has 6 heteroatoms. The lowest BCUT2D eigenvalue weighted by atomic mass is 10.1. The van der Waals surface area contributed by atoms with Crippen molar-refractivity contribution in [3.05, 3.63) is 77.9 Å². The highest BCUT2D eigenvalue weighted by atomic mass is 32.2. The van der Waals surface area contributed by atoms with Crippen LogP contribution in [0.3, 0.4) is 0 Å². The third-order valence-corrected chi connectivity index (χ3v) is 5.64. The van der Waals surface area contributed by atoms with E-state index in [4.69, 9.17) is 4.74 Å². The van der Waals surface area contributed by atoms with Crippen LogP contribution in [-0.4, -0.2) is 13.5 Å². The third kappa shape index (κ3) is 4.64. The molecule has 0 fully saturated rings. The Hall–Kier alpha value is -2.99. The summed E-state index contributed by atoms with van der Waals surface area (Å²) in [7, 11) is -3.74. The maximum atomic E-state index is 12.7. The third-order valence-electron chi connectivity index (χ3n) is 4.26. The van der Waals surface area contributed by atoms with Crippen molar-refractivity contribution in [3.8, 4) is 17.2 Å². The molecular formula is C22H23NO4S. The summed E-state index contributed by atoms with van der Waals surface area (Å²) in [6, 6.07) is 18.5. The van der Waals surface area contributed by atoms with E-state index in [1.54, 1.807) is 66.7 Å². The number of rotatable bonds is 7. The molecule has 0 atom stereocenters. The zero-order valence-electron chi connectivity index (χ0n) is 15.8. The van der Waals surface area contributed by atoms with E-state index in [1.165, 1.54) is 0 Å². The second-order valence-electron chi connectivity index (χ2n) is 6.56. The van der Waals surface area contributed by atoms with E-state index in [0.717, 1.165) is 24.0 Å². The lowest BCUT2D eigenvalue weighted by Crippen LogP contribution is -2.13. The highest BCUT2D eigenvalue weighted by Crippen LogP contribution is 2.33. The summed E-state index contributed by atoms with van der Waals surface area (Å²) in [5.74, 6) is 1.14. The van der Waals surface area contributed by atoms with Gasteiger partial charge in [-0.2, -0.15) is 0 Å². The van der Waals surface area contributed by atoms with E-state index in [1.807, 2.05) is 13.8 Å².